The lowest BCUT2D eigenvalue weighted by molar-refractivity contribution is 0.420. The molecule has 1 atom stereocenters. The van der Waals surface area contributed by atoms with Crippen molar-refractivity contribution in [3.63, 3.8) is 0 Å². The van der Waals surface area contributed by atoms with Gasteiger partial charge in [-0.3, -0.25) is 0 Å². The molecule has 2 heterocycles. The van der Waals surface area contributed by atoms with Crippen LogP contribution in [0.3, 0.4) is 0 Å². The van der Waals surface area contributed by atoms with E-state index in [1.54, 1.807) is 0 Å². The summed E-state index contributed by atoms with van der Waals surface area (Å²) < 4.78 is 7.79. The van der Waals surface area contributed by atoms with Gasteiger partial charge in [0.1, 0.15) is 5.82 Å². The van der Waals surface area contributed by atoms with Gasteiger partial charge in [-0.2, -0.15) is 0 Å². The number of hydrogen-bond acceptors (Lipinski definition) is 5. The number of imidazole rings is 1. The molecule has 2 aromatic heterocycles. The summed E-state index contributed by atoms with van der Waals surface area (Å²) in [7, 11) is 0. The monoisotopic (exact) mass is 297 g/mol. The summed E-state index contributed by atoms with van der Waals surface area (Å²) in [5.74, 6) is 2.15. The van der Waals surface area contributed by atoms with Crippen molar-refractivity contribution in [2.75, 3.05) is 0 Å². The van der Waals surface area contributed by atoms with E-state index in [0.29, 0.717) is 18.3 Å². The van der Waals surface area contributed by atoms with E-state index >= 15 is 0 Å². The average Bonchev–Trinajstić information content (AvgIpc) is 3.16. The van der Waals surface area contributed by atoms with Crippen molar-refractivity contribution in [2.24, 2.45) is 0 Å². The molecular weight excluding hydrogens is 278 g/mol. The van der Waals surface area contributed by atoms with E-state index in [0.717, 1.165) is 17.9 Å². The fourth-order valence-electron chi connectivity index (χ4n) is 2.24. The van der Waals surface area contributed by atoms with E-state index in [4.69, 9.17) is 4.42 Å². The standard InChI is InChI=1S/C16H19N5O/c1-12(11-21-9-8-17-13(21)2)18-10-15-19-20-16(22-15)14-6-4-3-5-7-14/h3-9,12,18H,10-11H2,1-2H3/t12-/m1/s1. The molecule has 6 nitrogen and oxygen atoms in total. The zero-order valence-corrected chi connectivity index (χ0v) is 12.7. The number of rotatable bonds is 6. The molecule has 0 radical (unpaired) electrons. The van der Waals surface area contributed by atoms with Crippen molar-refractivity contribution in [2.45, 2.75) is 33.0 Å². The van der Waals surface area contributed by atoms with Crippen LogP contribution < -0.4 is 5.32 Å². The fourth-order valence-corrected chi connectivity index (χ4v) is 2.24. The molecule has 6 heteroatoms. The van der Waals surface area contributed by atoms with Crippen LogP contribution in [0.2, 0.25) is 0 Å². The van der Waals surface area contributed by atoms with Gasteiger partial charge in [-0.15, -0.1) is 10.2 Å². The molecule has 0 saturated heterocycles. The summed E-state index contributed by atoms with van der Waals surface area (Å²) in [6.45, 7) is 5.52. The van der Waals surface area contributed by atoms with Crippen molar-refractivity contribution in [3.05, 3.63) is 54.4 Å². The van der Waals surface area contributed by atoms with Crippen LogP contribution in [0.1, 0.15) is 18.6 Å². The first-order valence-electron chi connectivity index (χ1n) is 7.31. The fraction of sp³-hybridized carbons (Fsp3) is 0.312. The van der Waals surface area contributed by atoms with Gasteiger partial charge < -0.3 is 14.3 Å². The molecule has 1 aromatic carbocycles. The maximum Gasteiger partial charge on any atom is 0.247 e. The lowest BCUT2D eigenvalue weighted by Crippen LogP contribution is -2.30. The van der Waals surface area contributed by atoms with E-state index in [9.17, 15) is 0 Å². The Balaban J connectivity index is 1.56. The van der Waals surface area contributed by atoms with Crippen LogP contribution in [-0.2, 0) is 13.1 Å². The van der Waals surface area contributed by atoms with Gasteiger partial charge in [0.2, 0.25) is 11.8 Å². The molecule has 0 bridgehead atoms. The Morgan fingerprint density at radius 2 is 2.05 bits per heavy atom. The Hall–Kier alpha value is -2.47. The third-order valence-electron chi connectivity index (χ3n) is 3.48. The Morgan fingerprint density at radius 3 is 2.77 bits per heavy atom. The topological polar surface area (TPSA) is 68.8 Å². The van der Waals surface area contributed by atoms with Gasteiger partial charge in [0.15, 0.2) is 0 Å². The lowest BCUT2D eigenvalue weighted by Gasteiger charge is -2.14. The average molecular weight is 297 g/mol. The van der Waals surface area contributed by atoms with E-state index in [1.807, 2.05) is 49.6 Å². The van der Waals surface area contributed by atoms with Gasteiger partial charge in [0.05, 0.1) is 6.54 Å². The highest BCUT2D eigenvalue weighted by Gasteiger charge is 2.10. The van der Waals surface area contributed by atoms with Crippen molar-refractivity contribution < 1.29 is 4.42 Å². The predicted octanol–water partition coefficient (Wildman–Crippen LogP) is 2.42. The van der Waals surface area contributed by atoms with Crippen molar-refractivity contribution >= 4 is 0 Å². The quantitative estimate of drug-likeness (QED) is 0.756. The summed E-state index contributed by atoms with van der Waals surface area (Å²) in [5, 5.41) is 11.5. The van der Waals surface area contributed by atoms with E-state index < -0.39 is 0 Å². The molecule has 0 aliphatic carbocycles. The van der Waals surface area contributed by atoms with E-state index in [-0.39, 0.29) is 6.04 Å². The molecule has 0 saturated carbocycles. The van der Waals surface area contributed by atoms with Gasteiger partial charge in [-0.05, 0) is 26.0 Å². The number of hydrogen-bond donors (Lipinski definition) is 1. The first-order valence-corrected chi connectivity index (χ1v) is 7.31. The summed E-state index contributed by atoms with van der Waals surface area (Å²) in [5.41, 5.74) is 0.934. The Morgan fingerprint density at radius 1 is 1.23 bits per heavy atom. The number of benzene rings is 1. The third kappa shape index (κ3) is 3.40. The smallest absolute Gasteiger partial charge is 0.247 e. The highest BCUT2D eigenvalue weighted by atomic mass is 16.4. The van der Waals surface area contributed by atoms with Gasteiger partial charge in [0, 0.05) is 30.5 Å². The zero-order chi connectivity index (χ0) is 15.4. The molecule has 3 rings (SSSR count). The summed E-state index contributed by atoms with van der Waals surface area (Å²) >= 11 is 0. The van der Waals surface area contributed by atoms with Crippen LogP contribution in [0.4, 0.5) is 0 Å². The summed E-state index contributed by atoms with van der Waals surface area (Å²) in [4.78, 5) is 4.22. The molecule has 0 fully saturated rings. The minimum atomic E-state index is 0.278. The van der Waals surface area contributed by atoms with Crippen molar-refractivity contribution in [1.82, 2.24) is 25.1 Å². The van der Waals surface area contributed by atoms with Crippen LogP contribution >= 0.6 is 0 Å². The summed E-state index contributed by atoms with van der Waals surface area (Å²) in [6.07, 6.45) is 3.79. The van der Waals surface area contributed by atoms with Crippen LogP contribution in [0.15, 0.2) is 47.1 Å². The Labute approximate surface area is 129 Å². The SMILES string of the molecule is Cc1nccn1C[C@@H](C)NCc1nnc(-c2ccccc2)o1. The molecule has 1 N–H and O–H groups in total. The van der Waals surface area contributed by atoms with Gasteiger partial charge in [0.25, 0.3) is 0 Å². The highest BCUT2D eigenvalue weighted by Crippen LogP contribution is 2.16. The van der Waals surface area contributed by atoms with Gasteiger partial charge >= 0.3 is 0 Å². The maximum absolute atomic E-state index is 5.68. The van der Waals surface area contributed by atoms with Crippen LogP contribution in [-0.4, -0.2) is 25.8 Å². The first-order chi connectivity index (χ1) is 10.7. The van der Waals surface area contributed by atoms with Gasteiger partial charge in [-0.1, -0.05) is 18.2 Å². The second-order valence-corrected chi connectivity index (χ2v) is 5.28. The number of nitrogens with zero attached hydrogens (tertiary/aromatic N) is 4. The minimum absolute atomic E-state index is 0.278. The molecule has 0 aliphatic rings. The molecule has 0 spiro atoms. The predicted molar refractivity (Wildman–Crippen MR) is 83.0 cm³/mol. The second kappa shape index (κ2) is 6.53. The normalized spacial score (nSPS) is 12.5. The molecule has 0 amide bonds. The molecular formula is C16H19N5O. The Kier molecular flexibility index (Phi) is 4.29. The third-order valence-corrected chi connectivity index (χ3v) is 3.48. The molecule has 0 aliphatic heterocycles. The van der Waals surface area contributed by atoms with Crippen molar-refractivity contribution in [3.8, 4) is 11.5 Å². The maximum atomic E-state index is 5.68. The first kappa shape index (κ1) is 14.5. The van der Waals surface area contributed by atoms with Crippen LogP contribution in [0.25, 0.3) is 11.5 Å². The molecule has 114 valence electrons. The van der Waals surface area contributed by atoms with Crippen molar-refractivity contribution in [1.29, 1.82) is 0 Å². The van der Waals surface area contributed by atoms with Crippen LogP contribution in [0, 0.1) is 6.92 Å². The highest BCUT2D eigenvalue weighted by molar-refractivity contribution is 5.51. The summed E-state index contributed by atoms with van der Waals surface area (Å²) in [6, 6.07) is 10.0. The molecule has 22 heavy (non-hydrogen) atoms. The second-order valence-electron chi connectivity index (χ2n) is 5.28. The number of aryl methyl sites for hydroxylation is 1. The molecule has 3 aromatic rings. The van der Waals surface area contributed by atoms with Gasteiger partial charge in [-0.25, -0.2) is 4.98 Å². The largest absolute Gasteiger partial charge is 0.419 e. The minimum Gasteiger partial charge on any atom is -0.419 e. The van der Waals surface area contributed by atoms with E-state index in [1.165, 1.54) is 0 Å². The zero-order valence-electron chi connectivity index (χ0n) is 12.7. The molecule has 0 unspecified atom stereocenters. The Bertz CT molecular complexity index is 719. The van der Waals surface area contributed by atoms with E-state index in [2.05, 4.69) is 32.0 Å². The number of aromatic nitrogens is 4. The lowest BCUT2D eigenvalue weighted by atomic mass is 10.2. The van der Waals surface area contributed by atoms with Crippen LogP contribution in [0.5, 0.6) is 0 Å². The number of nitrogens with one attached hydrogen (secondary N) is 1.